The number of rotatable bonds is 9. The summed E-state index contributed by atoms with van der Waals surface area (Å²) in [6, 6.07) is -0.186. The zero-order chi connectivity index (χ0) is 14.2. The van der Waals surface area contributed by atoms with Gasteiger partial charge in [0.25, 0.3) is 0 Å². The third-order valence-corrected chi connectivity index (χ3v) is 3.27. The first-order chi connectivity index (χ1) is 8.37. The molecule has 0 fully saturated rings. The minimum atomic E-state index is -0.186. The van der Waals surface area contributed by atoms with Crippen LogP contribution in [0.15, 0.2) is 0 Å². The highest BCUT2D eigenvalue weighted by atomic mass is 16.5. The summed E-state index contributed by atoms with van der Waals surface area (Å²) in [7, 11) is 1.66. The van der Waals surface area contributed by atoms with Crippen molar-refractivity contribution in [3.05, 3.63) is 0 Å². The Morgan fingerprint density at radius 3 is 2.50 bits per heavy atom. The highest BCUT2D eigenvalue weighted by Gasteiger charge is 2.25. The first-order valence-corrected chi connectivity index (χ1v) is 6.63. The molecule has 1 amide bonds. The molecular weight excluding hydrogens is 230 g/mol. The lowest BCUT2D eigenvalue weighted by Gasteiger charge is -2.31. The molecule has 108 valence electrons. The van der Waals surface area contributed by atoms with Crippen LogP contribution in [0, 0.1) is 0 Å². The molecule has 0 aromatic rings. The van der Waals surface area contributed by atoms with Crippen molar-refractivity contribution in [1.82, 2.24) is 10.2 Å². The standard InChI is InChI=1S/C13H29N3O2/c1-6-13(3,4)15-12(17)11(2)16(8-7-14)9-10-18-5/h11H,6-10,14H2,1-5H3,(H,15,17). The topological polar surface area (TPSA) is 67.6 Å². The summed E-state index contributed by atoms with van der Waals surface area (Å²) in [5.74, 6) is 0.0476. The number of carbonyl (C=O) groups is 1. The van der Waals surface area contributed by atoms with Gasteiger partial charge in [0.15, 0.2) is 0 Å². The van der Waals surface area contributed by atoms with Crippen molar-refractivity contribution in [2.24, 2.45) is 5.73 Å². The van der Waals surface area contributed by atoms with Crippen LogP contribution in [0.5, 0.6) is 0 Å². The number of methoxy groups -OCH3 is 1. The molecule has 0 heterocycles. The number of hydrogen-bond donors (Lipinski definition) is 2. The molecule has 3 N–H and O–H groups in total. The van der Waals surface area contributed by atoms with E-state index in [4.69, 9.17) is 10.5 Å². The number of nitrogens with zero attached hydrogens (tertiary/aromatic N) is 1. The molecule has 0 aromatic heterocycles. The zero-order valence-corrected chi connectivity index (χ0v) is 12.5. The van der Waals surface area contributed by atoms with Gasteiger partial charge in [0, 0.05) is 32.3 Å². The Bertz CT molecular complexity index is 244. The number of nitrogens with one attached hydrogen (secondary N) is 1. The second kappa shape index (κ2) is 8.45. The Balaban J connectivity index is 4.45. The second-order valence-corrected chi connectivity index (χ2v) is 5.22. The summed E-state index contributed by atoms with van der Waals surface area (Å²) in [4.78, 5) is 14.2. The van der Waals surface area contributed by atoms with Gasteiger partial charge < -0.3 is 15.8 Å². The smallest absolute Gasteiger partial charge is 0.237 e. The molecule has 0 aliphatic rings. The SMILES string of the molecule is CCC(C)(C)NC(=O)C(C)N(CCN)CCOC. The van der Waals surface area contributed by atoms with Gasteiger partial charge in [0.1, 0.15) is 0 Å². The molecule has 1 unspecified atom stereocenters. The van der Waals surface area contributed by atoms with Crippen LogP contribution in [0.3, 0.4) is 0 Å². The Kier molecular flexibility index (Phi) is 8.15. The normalized spacial score (nSPS) is 13.7. The third-order valence-electron chi connectivity index (χ3n) is 3.27. The van der Waals surface area contributed by atoms with Crippen LogP contribution in [0.2, 0.25) is 0 Å². The minimum Gasteiger partial charge on any atom is -0.383 e. The van der Waals surface area contributed by atoms with E-state index < -0.39 is 0 Å². The van der Waals surface area contributed by atoms with Crippen LogP contribution in [0.25, 0.3) is 0 Å². The Hall–Kier alpha value is -0.650. The van der Waals surface area contributed by atoms with Gasteiger partial charge >= 0.3 is 0 Å². The number of nitrogens with two attached hydrogens (primary N) is 1. The fraction of sp³-hybridized carbons (Fsp3) is 0.923. The third kappa shape index (κ3) is 6.33. The van der Waals surface area contributed by atoms with Crippen LogP contribution in [-0.2, 0) is 9.53 Å². The summed E-state index contributed by atoms with van der Waals surface area (Å²) < 4.78 is 5.06. The predicted molar refractivity (Wildman–Crippen MR) is 74.5 cm³/mol. The van der Waals surface area contributed by atoms with Gasteiger partial charge in [-0.15, -0.1) is 0 Å². The summed E-state index contributed by atoms with van der Waals surface area (Å²) in [6.45, 7) is 10.6. The molecule has 0 spiro atoms. The van der Waals surface area contributed by atoms with Gasteiger partial charge in [0.2, 0.25) is 5.91 Å². The van der Waals surface area contributed by atoms with Gasteiger partial charge in [-0.3, -0.25) is 9.69 Å². The molecule has 0 radical (unpaired) electrons. The maximum Gasteiger partial charge on any atom is 0.237 e. The summed E-state index contributed by atoms with van der Waals surface area (Å²) in [5, 5.41) is 3.06. The van der Waals surface area contributed by atoms with E-state index in [1.807, 2.05) is 25.7 Å². The first-order valence-electron chi connectivity index (χ1n) is 6.63. The maximum absolute atomic E-state index is 12.2. The van der Waals surface area contributed by atoms with E-state index >= 15 is 0 Å². The van der Waals surface area contributed by atoms with Crippen LogP contribution in [-0.4, -0.2) is 55.7 Å². The molecule has 18 heavy (non-hydrogen) atoms. The van der Waals surface area contributed by atoms with Crippen molar-refractivity contribution in [2.45, 2.75) is 45.7 Å². The van der Waals surface area contributed by atoms with Crippen molar-refractivity contribution in [3.63, 3.8) is 0 Å². The van der Waals surface area contributed by atoms with E-state index in [2.05, 4.69) is 12.2 Å². The summed E-state index contributed by atoms with van der Waals surface area (Å²) in [5.41, 5.74) is 5.41. The van der Waals surface area contributed by atoms with E-state index in [-0.39, 0.29) is 17.5 Å². The van der Waals surface area contributed by atoms with E-state index in [1.54, 1.807) is 7.11 Å². The largest absolute Gasteiger partial charge is 0.383 e. The number of ether oxygens (including phenoxy) is 1. The van der Waals surface area contributed by atoms with Gasteiger partial charge in [-0.05, 0) is 27.2 Å². The molecule has 5 heteroatoms. The van der Waals surface area contributed by atoms with Crippen molar-refractivity contribution in [1.29, 1.82) is 0 Å². The molecule has 0 rings (SSSR count). The fourth-order valence-corrected chi connectivity index (χ4v) is 1.57. The molecule has 0 saturated carbocycles. The van der Waals surface area contributed by atoms with Gasteiger partial charge in [-0.1, -0.05) is 6.92 Å². The monoisotopic (exact) mass is 259 g/mol. The first kappa shape index (κ1) is 17.4. The number of hydrogen-bond acceptors (Lipinski definition) is 4. The Labute approximate surface area is 111 Å². The molecule has 0 aliphatic carbocycles. The average Bonchev–Trinajstić information content (AvgIpc) is 2.33. The Morgan fingerprint density at radius 2 is 2.06 bits per heavy atom. The van der Waals surface area contributed by atoms with Crippen molar-refractivity contribution in [2.75, 3.05) is 33.4 Å². The molecule has 0 bridgehead atoms. The maximum atomic E-state index is 12.2. The van der Waals surface area contributed by atoms with Crippen LogP contribution in [0.4, 0.5) is 0 Å². The summed E-state index contributed by atoms with van der Waals surface area (Å²) >= 11 is 0. The lowest BCUT2D eigenvalue weighted by Crippen LogP contribution is -2.53. The van der Waals surface area contributed by atoms with Gasteiger partial charge in [-0.2, -0.15) is 0 Å². The molecule has 0 aromatic carbocycles. The van der Waals surface area contributed by atoms with Crippen LogP contribution < -0.4 is 11.1 Å². The predicted octanol–water partition coefficient (Wildman–Crippen LogP) is 0.587. The van der Waals surface area contributed by atoms with Gasteiger partial charge in [0.05, 0.1) is 12.6 Å². The zero-order valence-electron chi connectivity index (χ0n) is 12.5. The second-order valence-electron chi connectivity index (χ2n) is 5.22. The van der Waals surface area contributed by atoms with Crippen molar-refractivity contribution < 1.29 is 9.53 Å². The lowest BCUT2D eigenvalue weighted by molar-refractivity contribution is -0.127. The highest BCUT2D eigenvalue weighted by Crippen LogP contribution is 2.08. The van der Waals surface area contributed by atoms with Crippen molar-refractivity contribution >= 4 is 5.91 Å². The molecular formula is C13H29N3O2. The molecule has 5 nitrogen and oxygen atoms in total. The van der Waals surface area contributed by atoms with E-state index in [0.29, 0.717) is 19.7 Å². The van der Waals surface area contributed by atoms with Crippen molar-refractivity contribution in [3.8, 4) is 0 Å². The molecule has 0 saturated heterocycles. The fourth-order valence-electron chi connectivity index (χ4n) is 1.57. The van der Waals surface area contributed by atoms with Gasteiger partial charge in [-0.25, -0.2) is 0 Å². The molecule has 0 aliphatic heterocycles. The average molecular weight is 259 g/mol. The lowest BCUT2D eigenvalue weighted by atomic mass is 10.0. The number of amides is 1. The highest BCUT2D eigenvalue weighted by molar-refractivity contribution is 5.82. The van der Waals surface area contributed by atoms with E-state index in [9.17, 15) is 4.79 Å². The van der Waals surface area contributed by atoms with Crippen LogP contribution in [0.1, 0.15) is 34.1 Å². The van der Waals surface area contributed by atoms with Crippen LogP contribution >= 0.6 is 0 Å². The quantitative estimate of drug-likeness (QED) is 0.636. The number of carbonyl (C=O) groups excluding carboxylic acids is 1. The summed E-state index contributed by atoms with van der Waals surface area (Å²) in [6.07, 6.45) is 0.903. The Morgan fingerprint density at radius 1 is 1.44 bits per heavy atom. The minimum absolute atomic E-state index is 0.0476. The molecule has 1 atom stereocenters. The van der Waals surface area contributed by atoms with E-state index in [0.717, 1.165) is 13.0 Å². The van der Waals surface area contributed by atoms with E-state index in [1.165, 1.54) is 0 Å².